The Kier molecular flexibility index (Phi) is 8.27. The van der Waals surface area contributed by atoms with E-state index in [1.165, 1.54) is 7.11 Å². The lowest BCUT2D eigenvalue weighted by Crippen LogP contribution is -2.44. The van der Waals surface area contributed by atoms with Crippen LogP contribution in [-0.4, -0.2) is 61.2 Å². The van der Waals surface area contributed by atoms with Gasteiger partial charge in [-0.25, -0.2) is 9.97 Å². The number of likely N-dealkylation sites (N-methyl/N-ethyl adjacent to an activating group) is 1. The first kappa shape index (κ1) is 26.4. The van der Waals surface area contributed by atoms with Crippen molar-refractivity contribution in [2.45, 2.75) is 25.4 Å². The van der Waals surface area contributed by atoms with Gasteiger partial charge >= 0.3 is 12.1 Å². The van der Waals surface area contributed by atoms with Gasteiger partial charge in [0.05, 0.1) is 24.8 Å². The number of benzene rings is 2. The van der Waals surface area contributed by atoms with Crippen molar-refractivity contribution in [3.8, 4) is 0 Å². The van der Waals surface area contributed by atoms with Gasteiger partial charge in [-0.1, -0.05) is 30.3 Å². The molecule has 3 aromatic rings. The van der Waals surface area contributed by atoms with Gasteiger partial charge in [-0.2, -0.15) is 13.2 Å². The molecule has 1 aromatic heterocycles. The van der Waals surface area contributed by atoms with Crippen molar-refractivity contribution in [2.24, 2.45) is 0 Å². The van der Waals surface area contributed by atoms with E-state index in [1.54, 1.807) is 24.3 Å². The molecule has 0 radical (unpaired) electrons. The van der Waals surface area contributed by atoms with E-state index in [4.69, 9.17) is 4.74 Å². The number of aryl methyl sites for hydroxylation is 2. The Hall–Kier alpha value is -3.66. The number of hydrogen-bond acceptors (Lipinski definition) is 7. The Bertz CT molecular complexity index is 1230. The molecule has 1 fully saturated rings. The Morgan fingerprint density at radius 1 is 1.03 bits per heavy atom. The summed E-state index contributed by atoms with van der Waals surface area (Å²) in [7, 11) is 3.39. The number of anilines is 3. The minimum absolute atomic E-state index is 0.0333. The third-order valence-electron chi connectivity index (χ3n) is 6.46. The zero-order chi connectivity index (χ0) is 26.4. The van der Waals surface area contributed by atoms with Gasteiger partial charge in [0.25, 0.3) is 0 Å². The number of nitrogens with zero attached hydrogens (tertiary/aromatic N) is 4. The normalized spacial score (nSPS) is 14.5. The fourth-order valence-electron chi connectivity index (χ4n) is 4.33. The summed E-state index contributed by atoms with van der Waals surface area (Å²) in [6.07, 6.45) is -3.38. The summed E-state index contributed by atoms with van der Waals surface area (Å²) in [5.41, 5.74) is 2.26. The summed E-state index contributed by atoms with van der Waals surface area (Å²) >= 11 is 0. The second kappa shape index (κ2) is 11.6. The number of piperazine rings is 1. The average Bonchev–Trinajstić information content (AvgIpc) is 2.88. The highest BCUT2D eigenvalue weighted by molar-refractivity contribution is 5.72. The minimum atomic E-state index is -4.58. The smallest absolute Gasteiger partial charge is 0.419 e. The SMILES string of the molecule is COC(=O)Cc1ccccc1CCc1nc(Nc2cccc(N3CCN(C)CC3)c2)ncc1C(F)(F)F. The highest BCUT2D eigenvalue weighted by Crippen LogP contribution is 2.32. The molecule has 0 unspecified atom stereocenters. The monoisotopic (exact) mass is 513 g/mol. The van der Waals surface area contributed by atoms with Crippen LogP contribution in [0.1, 0.15) is 22.4 Å². The fourth-order valence-corrected chi connectivity index (χ4v) is 4.33. The summed E-state index contributed by atoms with van der Waals surface area (Å²) in [6, 6.07) is 14.9. The van der Waals surface area contributed by atoms with Gasteiger partial charge in [0, 0.05) is 43.8 Å². The number of carbonyl (C=O) groups excluding carboxylic acids is 1. The highest BCUT2D eigenvalue weighted by Gasteiger charge is 2.35. The average molecular weight is 514 g/mol. The zero-order valence-corrected chi connectivity index (χ0v) is 20.9. The lowest BCUT2D eigenvalue weighted by molar-refractivity contribution is -0.140. The van der Waals surface area contributed by atoms with Gasteiger partial charge in [0.1, 0.15) is 0 Å². The van der Waals surface area contributed by atoms with E-state index in [1.807, 2.05) is 24.3 Å². The van der Waals surface area contributed by atoms with Crippen molar-refractivity contribution in [1.29, 1.82) is 0 Å². The molecule has 37 heavy (non-hydrogen) atoms. The number of carbonyl (C=O) groups is 1. The number of ether oxygens (including phenoxy) is 1. The van der Waals surface area contributed by atoms with Crippen LogP contribution in [0.5, 0.6) is 0 Å². The largest absolute Gasteiger partial charge is 0.469 e. The molecule has 2 heterocycles. The topological polar surface area (TPSA) is 70.6 Å². The first-order valence-corrected chi connectivity index (χ1v) is 12.1. The van der Waals surface area contributed by atoms with Crippen LogP contribution in [0.3, 0.4) is 0 Å². The van der Waals surface area contributed by atoms with E-state index in [9.17, 15) is 18.0 Å². The van der Waals surface area contributed by atoms with E-state index in [0.717, 1.165) is 49.2 Å². The Labute approximate surface area is 214 Å². The molecule has 7 nitrogen and oxygen atoms in total. The van der Waals surface area contributed by atoms with Gasteiger partial charge in [0.15, 0.2) is 0 Å². The molecule has 1 N–H and O–H groups in total. The number of esters is 1. The van der Waals surface area contributed by atoms with Crippen molar-refractivity contribution in [2.75, 3.05) is 50.6 Å². The standard InChI is InChI=1S/C27H30F3N5O2/c1-34-12-14-35(15-13-34)22-9-5-8-21(17-22)32-26-31-18-23(27(28,29)30)24(33-26)11-10-19-6-3-4-7-20(19)16-25(36)37-2/h3-9,17-18H,10-16H2,1-2H3,(H,31,32,33). The van der Waals surface area contributed by atoms with Crippen LogP contribution < -0.4 is 10.2 Å². The van der Waals surface area contributed by atoms with Gasteiger partial charge in [-0.05, 0) is 49.2 Å². The molecule has 0 aliphatic carbocycles. The van der Waals surface area contributed by atoms with E-state index in [-0.39, 0.29) is 30.9 Å². The maximum absolute atomic E-state index is 13.7. The summed E-state index contributed by atoms with van der Waals surface area (Å²) < 4.78 is 46.0. The first-order chi connectivity index (χ1) is 17.7. The first-order valence-electron chi connectivity index (χ1n) is 12.1. The second-order valence-electron chi connectivity index (χ2n) is 9.04. The summed E-state index contributed by atoms with van der Waals surface area (Å²) in [4.78, 5) is 24.5. The Morgan fingerprint density at radius 3 is 2.46 bits per heavy atom. The molecule has 0 amide bonds. The molecule has 0 atom stereocenters. The van der Waals surface area contributed by atoms with Gasteiger partial charge in [-0.15, -0.1) is 0 Å². The van der Waals surface area contributed by atoms with E-state index in [2.05, 4.69) is 32.1 Å². The predicted octanol–water partition coefficient (Wildman–Crippen LogP) is 4.49. The number of rotatable bonds is 8. The van der Waals surface area contributed by atoms with E-state index < -0.39 is 17.7 Å². The molecule has 1 aliphatic rings. The number of aromatic nitrogens is 2. The second-order valence-corrected chi connectivity index (χ2v) is 9.04. The summed E-state index contributed by atoms with van der Waals surface area (Å²) in [6.45, 7) is 3.73. The van der Waals surface area contributed by atoms with Crippen LogP contribution in [0.2, 0.25) is 0 Å². The number of hydrogen-bond donors (Lipinski definition) is 1. The van der Waals surface area contributed by atoms with Crippen LogP contribution in [0.25, 0.3) is 0 Å². The Balaban J connectivity index is 1.54. The van der Waals surface area contributed by atoms with Crippen molar-refractivity contribution >= 4 is 23.3 Å². The Morgan fingerprint density at radius 2 is 1.76 bits per heavy atom. The summed E-state index contributed by atoms with van der Waals surface area (Å²) in [5, 5.41) is 3.07. The quantitative estimate of drug-likeness (QED) is 0.445. The fraction of sp³-hybridized carbons (Fsp3) is 0.370. The van der Waals surface area contributed by atoms with E-state index in [0.29, 0.717) is 5.69 Å². The molecule has 4 rings (SSSR count). The molecular weight excluding hydrogens is 483 g/mol. The van der Waals surface area contributed by atoms with Crippen LogP contribution in [0.4, 0.5) is 30.5 Å². The molecular formula is C27H30F3N5O2. The predicted molar refractivity (Wildman–Crippen MR) is 136 cm³/mol. The molecule has 0 spiro atoms. The minimum Gasteiger partial charge on any atom is -0.469 e. The molecule has 2 aromatic carbocycles. The van der Waals surface area contributed by atoms with Crippen molar-refractivity contribution in [1.82, 2.24) is 14.9 Å². The third-order valence-corrected chi connectivity index (χ3v) is 6.46. The molecule has 0 bridgehead atoms. The number of methoxy groups -OCH3 is 1. The van der Waals surface area contributed by atoms with Gasteiger partial charge < -0.3 is 19.9 Å². The van der Waals surface area contributed by atoms with Crippen molar-refractivity contribution in [3.63, 3.8) is 0 Å². The number of halogens is 3. The molecule has 1 saturated heterocycles. The molecule has 1 aliphatic heterocycles. The van der Waals surface area contributed by atoms with Crippen LogP contribution in [-0.2, 0) is 35.0 Å². The van der Waals surface area contributed by atoms with Crippen molar-refractivity contribution in [3.05, 3.63) is 77.1 Å². The number of alkyl halides is 3. The lowest BCUT2D eigenvalue weighted by Gasteiger charge is -2.34. The summed E-state index contributed by atoms with van der Waals surface area (Å²) in [5.74, 6) is -0.308. The highest BCUT2D eigenvalue weighted by atomic mass is 19.4. The maximum atomic E-state index is 13.7. The van der Waals surface area contributed by atoms with E-state index >= 15 is 0 Å². The molecule has 10 heteroatoms. The molecule has 196 valence electrons. The lowest BCUT2D eigenvalue weighted by atomic mass is 9.98. The van der Waals surface area contributed by atoms with Gasteiger partial charge in [0.2, 0.25) is 5.95 Å². The van der Waals surface area contributed by atoms with Gasteiger partial charge in [-0.3, -0.25) is 4.79 Å². The third kappa shape index (κ3) is 6.97. The van der Waals surface area contributed by atoms with Crippen LogP contribution in [0, 0.1) is 0 Å². The van der Waals surface area contributed by atoms with Crippen molar-refractivity contribution < 1.29 is 22.7 Å². The zero-order valence-electron chi connectivity index (χ0n) is 20.9. The number of nitrogens with one attached hydrogen (secondary N) is 1. The molecule has 0 saturated carbocycles. The maximum Gasteiger partial charge on any atom is 0.419 e. The van der Waals surface area contributed by atoms with Crippen LogP contribution in [0.15, 0.2) is 54.7 Å². The van der Waals surface area contributed by atoms with Crippen LogP contribution >= 0.6 is 0 Å².